The highest BCUT2D eigenvalue weighted by Gasteiger charge is 2.24. The maximum atomic E-state index is 12.0. The molecule has 2 rings (SSSR count). The van der Waals surface area contributed by atoms with Crippen LogP contribution in [0, 0.1) is 13.8 Å². The van der Waals surface area contributed by atoms with Crippen molar-refractivity contribution in [3.63, 3.8) is 0 Å². The Labute approximate surface area is 148 Å². The van der Waals surface area contributed by atoms with Gasteiger partial charge in [-0.3, -0.25) is 4.68 Å². The number of amides is 2. The van der Waals surface area contributed by atoms with Crippen LogP contribution in [0.2, 0.25) is 0 Å². The van der Waals surface area contributed by atoms with Crippen LogP contribution < -0.4 is 10.6 Å². The van der Waals surface area contributed by atoms with E-state index in [2.05, 4.69) is 15.7 Å². The number of urea groups is 1. The van der Waals surface area contributed by atoms with E-state index in [4.69, 9.17) is 4.74 Å². The monoisotopic (exact) mass is 348 g/mol. The van der Waals surface area contributed by atoms with Crippen molar-refractivity contribution in [1.82, 2.24) is 20.4 Å². The van der Waals surface area contributed by atoms with Gasteiger partial charge in [-0.05, 0) is 52.5 Å². The van der Waals surface area contributed by atoms with Gasteiger partial charge in [0.1, 0.15) is 6.10 Å². The van der Waals surface area contributed by atoms with Crippen LogP contribution in [-0.4, -0.2) is 40.5 Å². The molecule has 1 aromatic heterocycles. The first-order valence-corrected chi connectivity index (χ1v) is 8.84. The number of nitrogens with one attached hydrogen (secondary N) is 2. The number of aromatic nitrogens is 2. The Bertz CT molecular complexity index is 643. The molecule has 1 aliphatic carbocycles. The number of hydrogen-bond donors (Lipinski definition) is 2. The van der Waals surface area contributed by atoms with Gasteiger partial charge in [0.15, 0.2) is 0 Å². The van der Waals surface area contributed by atoms with Crippen molar-refractivity contribution in [2.75, 3.05) is 6.54 Å². The van der Waals surface area contributed by atoms with Crippen LogP contribution in [-0.2, 0) is 16.6 Å². The third kappa shape index (κ3) is 5.34. The van der Waals surface area contributed by atoms with Gasteiger partial charge in [-0.25, -0.2) is 9.59 Å². The van der Waals surface area contributed by atoms with Crippen LogP contribution in [0.3, 0.4) is 0 Å². The molecule has 0 radical (unpaired) electrons. The maximum Gasteiger partial charge on any atom is 0.331 e. The van der Waals surface area contributed by atoms with Crippen molar-refractivity contribution >= 4 is 18.1 Å². The molecular weight excluding hydrogens is 320 g/mol. The number of carbonyl (C=O) groups is 2. The first-order valence-electron chi connectivity index (χ1n) is 8.84. The lowest BCUT2D eigenvalue weighted by Crippen LogP contribution is -2.44. The molecule has 138 valence electrons. The molecule has 1 aliphatic rings. The number of esters is 1. The van der Waals surface area contributed by atoms with Crippen molar-refractivity contribution < 1.29 is 14.3 Å². The second kappa shape index (κ2) is 8.69. The average Bonchev–Trinajstić information content (AvgIpc) is 2.80. The van der Waals surface area contributed by atoms with Gasteiger partial charge < -0.3 is 15.4 Å². The number of ether oxygens (including phenoxy) is 1. The summed E-state index contributed by atoms with van der Waals surface area (Å²) in [5, 5.41) is 9.99. The van der Waals surface area contributed by atoms with Crippen LogP contribution in [0.1, 0.15) is 49.6 Å². The molecule has 7 heteroatoms. The van der Waals surface area contributed by atoms with Crippen LogP contribution in [0.5, 0.6) is 0 Å². The summed E-state index contributed by atoms with van der Waals surface area (Å²) >= 11 is 0. The maximum absolute atomic E-state index is 12.0. The topological polar surface area (TPSA) is 85.2 Å². The van der Waals surface area contributed by atoms with Crippen LogP contribution in [0.25, 0.3) is 6.08 Å². The minimum atomic E-state index is -0.331. The summed E-state index contributed by atoms with van der Waals surface area (Å²) in [6, 6.07) is 0.0193. The molecular formula is C18H28N4O3. The number of aryl methyl sites for hydroxylation is 2. The summed E-state index contributed by atoms with van der Waals surface area (Å²) in [5.41, 5.74) is 2.86. The van der Waals surface area contributed by atoms with Gasteiger partial charge in [0.2, 0.25) is 0 Å². The second-order valence-electron chi connectivity index (χ2n) is 6.46. The van der Waals surface area contributed by atoms with Gasteiger partial charge in [-0.15, -0.1) is 0 Å². The molecule has 25 heavy (non-hydrogen) atoms. The first kappa shape index (κ1) is 19.0. The standard InChI is InChI=1S/C18H28N4O3/c1-5-19-18(24)20-14-6-8-15(9-7-14)25-17(23)11-10-16-12(2)21-22(4)13(16)3/h10-11,14-15H,5-9H2,1-4H3,(H2,19,20,24)/b11-10+. The third-order valence-corrected chi connectivity index (χ3v) is 4.58. The van der Waals surface area contributed by atoms with E-state index in [1.165, 1.54) is 6.08 Å². The molecule has 2 N–H and O–H groups in total. The molecule has 1 heterocycles. The fraction of sp³-hybridized carbons (Fsp3) is 0.611. The minimum Gasteiger partial charge on any atom is -0.459 e. The largest absolute Gasteiger partial charge is 0.459 e. The zero-order valence-corrected chi connectivity index (χ0v) is 15.5. The quantitative estimate of drug-likeness (QED) is 0.631. The fourth-order valence-electron chi connectivity index (χ4n) is 3.11. The summed E-state index contributed by atoms with van der Waals surface area (Å²) in [7, 11) is 1.88. The summed E-state index contributed by atoms with van der Waals surface area (Å²) in [6.07, 6.45) is 6.32. The van der Waals surface area contributed by atoms with Crippen LogP contribution in [0.4, 0.5) is 4.79 Å². The van der Waals surface area contributed by atoms with E-state index in [0.717, 1.165) is 42.6 Å². The van der Waals surface area contributed by atoms with E-state index < -0.39 is 0 Å². The minimum absolute atomic E-state index is 0.0828. The van der Waals surface area contributed by atoms with Gasteiger partial charge in [0.25, 0.3) is 0 Å². The normalized spacial score (nSPS) is 20.5. The summed E-state index contributed by atoms with van der Waals surface area (Å²) < 4.78 is 7.31. The van der Waals surface area contributed by atoms with E-state index in [1.54, 1.807) is 10.8 Å². The lowest BCUT2D eigenvalue weighted by Gasteiger charge is -2.28. The number of rotatable bonds is 5. The van der Waals surface area contributed by atoms with E-state index >= 15 is 0 Å². The van der Waals surface area contributed by atoms with Crippen molar-refractivity contribution in [1.29, 1.82) is 0 Å². The predicted octanol–water partition coefficient (Wildman–Crippen LogP) is 2.22. The third-order valence-electron chi connectivity index (χ3n) is 4.58. The lowest BCUT2D eigenvalue weighted by molar-refractivity contribution is -0.144. The molecule has 0 aromatic carbocycles. The zero-order chi connectivity index (χ0) is 18.4. The average molecular weight is 348 g/mol. The Kier molecular flexibility index (Phi) is 6.61. The number of nitrogens with zero attached hydrogens (tertiary/aromatic N) is 2. The smallest absolute Gasteiger partial charge is 0.331 e. The Morgan fingerprint density at radius 1 is 1.28 bits per heavy atom. The van der Waals surface area contributed by atoms with E-state index in [1.807, 2.05) is 27.8 Å². The van der Waals surface area contributed by atoms with Gasteiger partial charge in [0.05, 0.1) is 5.69 Å². The molecule has 0 saturated heterocycles. The molecule has 1 saturated carbocycles. The van der Waals surface area contributed by atoms with E-state index in [0.29, 0.717) is 6.54 Å². The summed E-state index contributed by atoms with van der Waals surface area (Å²) in [5.74, 6) is -0.331. The molecule has 2 amide bonds. The molecule has 0 spiro atoms. The van der Waals surface area contributed by atoms with Crippen molar-refractivity contribution in [2.24, 2.45) is 7.05 Å². The van der Waals surface area contributed by atoms with E-state index in [-0.39, 0.29) is 24.1 Å². The highest BCUT2D eigenvalue weighted by molar-refractivity contribution is 5.87. The number of hydrogen-bond acceptors (Lipinski definition) is 4. The molecule has 0 bridgehead atoms. The van der Waals surface area contributed by atoms with Crippen molar-refractivity contribution in [3.05, 3.63) is 23.0 Å². The van der Waals surface area contributed by atoms with Crippen LogP contribution >= 0.6 is 0 Å². The Balaban J connectivity index is 1.79. The molecule has 0 atom stereocenters. The highest BCUT2D eigenvalue weighted by atomic mass is 16.5. The molecule has 0 aliphatic heterocycles. The SMILES string of the molecule is CCNC(=O)NC1CCC(OC(=O)/C=C/c2c(C)nn(C)c2C)CC1. The van der Waals surface area contributed by atoms with E-state index in [9.17, 15) is 9.59 Å². The molecule has 1 fully saturated rings. The zero-order valence-electron chi connectivity index (χ0n) is 15.5. The van der Waals surface area contributed by atoms with Gasteiger partial charge in [-0.1, -0.05) is 0 Å². The van der Waals surface area contributed by atoms with Crippen molar-refractivity contribution in [3.8, 4) is 0 Å². The molecule has 7 nitrogen and oxygen atoms in total. The lowest BCUT2D eigenvalue weighted by atomic mass is 9.93. The van der Waals surface area contributed by atoms with Gasteiger partial charge >= 0.3 is 12.0 Å². The number of carbonyl (C=O) groups excluding carboxylic acids is 2. The van der Waals surface area contributed by atoms with Crippen molar-refractivity contribution in [2.45, 2.75) is 58.6 Å². The fourth-order valence-corrected chi connectivity index (χ4v) is 3.11. The summed E-state index contributed by atoms with van der Waals surface area (Å²) in [4.78, 5) is 23.6. The Morgan fingerprint density at radius 3 is 2.52 bits per heavy atom. The molecule has 1 aromatic rings. The summed E-state index contributed by atoms with van der Waals surface area (Å²) in [6.45, 7) is 6.38. The van der Waals surface area contributed by atoms with Gasteiger partial charge in [-0.2, -0.15) is 5.10 Å². The predicted molar refractivity (Wildman–Crippen MR) is 96.1 cm³/mol. The van der Waals surface area contributed by atoms with Gasteiger partial charge in [0, 0.05) is 37.0 Å². The second-order valence-corrected chi connectivity index (χ2v) is 6.46. The molecule has 0 unspecified atom stereocenters. The highest BCUT2D eigenvalue weighted by Crippen LogP contribution is 2.22. The Hall–Kier alpha value is -2.31. The Morgan fingerprint density at radius 2 is 1.96 bits per heavy atom. The van der Waals surface area contributed by atoms with Crippen LogP contribution in [0.15, 0.2) is 6.08 Å². The first-order chi connectivity index (χ1) is 11.9.